The van der Waals surface area contributed by atoms with Crippen LogP contribution in [0.15, 0.2) is 21.9 Å². The number of methoxy groups -OCH3 is 1. The third-order valence-electron chi connectivity index (χ3n) is 7.12. The molecular formula is C31H30Cl2F5N5O4S. The van der Waals surface area contributed by atoms with Crippen LogP contribution in [0.5, 0.6) is 5.75 Å². The van der Waals surface area contributed by atoms with Crippen LogP contribution in [0.3, 0.4) is 0 Å². The number of hydrogen-bond acceptors (Lipinski definition) is 8. The van der Waals surface area contributed by atoms with Crippen LogP contribution in [-0.4, -0.2) is 56.4 Å². The number of halogens is 7. The van der Waals surface area contributed by atoms with Gasteiger partial charge in [0.2, 0.25) is 0 Å². The maximum absolute atomic E-state index is 13.6. The molecule has 1 aromatic carbocycles. The Bertz CT molecular complexity index is 1820. The lowest BCUT2D eigenvalue weighted by atomic mass is 9.91. The zero-order valence-corrected chi connectivity index (χ0v) is 28.3. The lowest BCUT2D eigenvalue weighted by molar-refractivity contribution is -0.141. The maximum Gasteiger partial charge on any atom is 0.434 e. The maximum atomic E-state index is 13.6. The first-order valence-corrected chi connectivity index (χ1v) is 16.4. The zero-order valence-electron chi connectivity index (χ0n) is 26.0. The summed E-state index contributed by atoms with van der Waals surface area (Å²) in [5.74, 6) is 2.65. The number of nitrogens with zero attached hydrogens (tertiary/aromatic N) is 5. The van der Waals surface area contributed by atoms with Crippen molar-refractivity contribution >= 4 is 46.0 Å². The molecule has 9 nitrogen and oxygen atoms in total. The van der Waals surface area contributed by atoms with Crippen LogP contribution < -0.4 is 10.4 Å². The summed E-state index contributed by atoms with van der Waals surface area (Å²) >= 11 is 13.4. The number of terminal acetylenes is 1. The fourth-order valence-electron chi connectivity index (χ4n) is 5.14. The predicted octanol–water partition coefficient (Wildman–Crippen LogP) is 7.21. The van der Waals surface area contributed by atoms with E-state index in [0.717, 1.165) is 44.0 Å². The molecule has 258 valence electrons. The molecule has 0 bridgehead atoms. The van der Waals surface area contributed by atoms with Gasteiger partial charge in [-0.15, -0.1) is 23.3 Å². The van der Waals surface area contributed by atoms with Crippen molar-refractivity contribution in [3.63, 3.8) is 0 Å². The van der Waals surface area contributed by atoms with Gasteiger partial charge in [-0.25, -0.2) is 23.4 Å². The fourth-order valence-corrected chi connectivity index (χ4v) is 6.58. The molecule has 0 aliphatic carbocycles. The van der Waals surface area contributed by atoms with Gasteiger partial charge in [0.1, 0.15) is 28.9 Å². The number of carbonyl (C=O) groups excluding carboxylic acids is 1. The monoisotopic (exact) mass is 733 g/mol. The molecule has 0 N–H and O–H groups in total. The van der Waals surface area contributed by atoms with Gasteiger partial charge in [0.25, 0.3) is 6.43 Å². The van der Waals surface area contributed by atoms with E-state index >= 15 is 0 Å². The molecule has 2 aliphatic rings. The van der Waals surface area contributed by atoms with Crippen molar-refractivity contribution in [2.75, 3.05) is 26.0 Å². The Labute approximate surface area is 286 Å². The third-order valence-corrected chi connectivity index (χ3v) is 8.71. The van der Waals surface area contributed by atoms with Crippen LogP contribution in [0.1, 0.15) is 71.8 Å². The predicted molar refractivity (Wildman–Crippen MR) is 173 cm³/mol. The number of aromatic nitrogens is 4. The third kappa shape index (κ3) is 8.15. The first kappa shape index (κ1) is 37.2. The van der Waals surface area contributed by atoms with Gasteiger partial charge < -0.3 is 9.47 Å². The number of benzene rings is 1. The highest BCUT2D eigenvalue weighted by molar-refractivity contribution is 8.14. The fraction of sp³-hybridized carbons (Fsp3) is 0.452. The van der Waals surface area contributed by atoms with E-state index in [9.17, 15) is 31.5 Å². The molecule has 0 spiro atoms. The van der Waals surface area contributed by atoms with Gasteiger partial charge in [0, 0.05) is 36.9 Å². The van der Waals surface area contributed by atoms with Crippen LogP contribution >= 0.6 is 35.0 Å². The molecule has 2 aromatic heterocycles. The Hall–Kier alpha value is -3.61. The number of esters is 1. The quantitative estimate of drug-likeness (QED) is 0.137. The summed E-state index contributed by atoms with van der Waals surface area (Å²) in [5.41, 5.74) is -3.56. The summed E-state index contributed by atoms with van der Waals surface area (Å²) in [4.78, 5) is 31.8. The van der Waals surface area contributed by atoms with E-state index in [-0.39, 0.29) is 35.2 Å². The standard InChI is InChI=1S/C16H17F5N2O2S.C15H13Cl2N3O2/c1-7(2)6-8-9(15(24)25-3)11(13(17)18)23-12(16(19,20)21)10(8)14-22-4-5-26-14;1-2-7-22-13-9-12(10(16)8-11(13)17)20-15(21)19-6-4-3-5-14(19)18-20/h7,13H,4-6H2,1-3H3;1,8-9H,3-7H2. The number of pyridine rings is 1. The van der Waals surface area contributed by atoms with Gasteiger partial charge >= 0.3 is 17.8 Å². The normalized spacial score (nSPS) is 14.3. The Morgan fingerprint density at radius 2 is 1.92 bits per heavy atom. The number of hydrogen-bond donors (Lipinski definition) is 0. The second-order valence-electron chi connectivity index (χ2n) is 10.9. The highest BCUT2D eigenvalue weighted by Gasteiger charge is 2.42. The molecule has 0 saturated heterocycles. The minimum absolute atomic E-state index is 0.0231. The molecular weight excluding hydrogens is 704 g/mol. The molecule has 0 saturated carbocycles. The Balaban J connectivity index is 0.000000219. The van der Waals surface area contributed by atoms with Crippen molar-refractivity contribution in [1.29, 1.82) is 0 Å². The van der Waals surface area contributed by atoms with E-state index in [4.69, 9.17) is 34.4 Å². The summed E-state index contributed by atoms with van der Waals surface area (Å²) in [7, 11) is 0.982. The summed E-state index contributed by atoms with van der Waals surface area (Å²) in [6, 6.07) is 3.11. The lowest BCUT2D eigenvalue weighted by Crippen LogP contribution is -2.26. The average Bonchev–Trinajstić information content (AvgIpc) is 3.68. The van der Waals surface area contributed by atoms with E-state index in [0.29, 0.717) is 40.3 Å². The molecule has 3 aromatic rings. The van der Waals surface area contributed by atoms with Gasteiger partial charge in [-0.3, -0.25) is 9.56 Å². The number of rotatable bonds is 8. The van der Waals surface area contributed by atoms with Crippen molar-refractivity contribution in [2.24, 2.45) is 10.9 Å². The first-order valence-electron chi connectivity index (χ1n) is 14.6. The van der Waals surface area contributed by atoms with Crippen LogP contribution in [0.25, 0.3) is 5.69 Å². The molecule has 0 unspecified atom stereocenters. The van der Waals surface area contributed by atoms with Crippen LogP contribution in [0.2, 0.25) is 10.0 Å². The molecule has 5 rings (SSSR count). The van der Waals surface area contributed by atoms with Crippen molar-refractivity contribution in [3.8, 4) is 23.8 Å². The van der Waals surface area contributed by atoms with Crippen LogP contribution in [-0.2, 0) is 30.3 Å². The number of alkyl halides is 5. The minimum Gasteiger partial charge on any atom is -0.479 e. The zero-order chi connectivity index (χ0) is 35.3. The SMILES string of the molecule is C#CCOc1cc(-n2nc3n(c2=O)CCCC3)c(Cl)cc1Cl.COC(=O)c1c(C(F)F)nc(C(F)(F)F)c(C2=NCCS2)c1CC(C)C. The topological polar surface area (TPSA) is 101 Å². The van der Waals surface area contributed by atoms with E-state index < -0.39 is 41.1 Å². The molecule has 0 radical (unpaired) electrons. The largest absolute Gasteiger partial charge is 0.479 e. The molecule has 17 heteroatoms. The summed E-state index contributed by atoms with van der Waals surface area (Å²) in [6.45, 7) is 4.49. The Morgan fingerprint density at radius 3 is 2.48 bits per heavy atom. The second-order valence-corrected chi connectivity index (χ2v) is 12.8. The molecule has 0 atom stereocenters. The van der Waals surface area contributed by atoms with Crippen molar-refractivity contribution < 1.29 is 36.2 Å². The smallest absolute Gasteiger partial charge is 0.434 e. The van der Waals surface area contributed by atoms with Crippen molar-refractivity contribution in [2.45, 2.75) is 58.7 Å². The molecule has 2 aliphatic heterocycles. The van der Waals surface area contributed by atoms with Gasteiger partial charge in [-0.2, -0.15) is 17.9 Å². The van der Waals surface area contributed by atoms with Gasteiger partial charge in [-0.05, 0) is 36.8 Å². The summed E-state index contributed by atoms with van der Waals surface area (Å²) in [5, 5.41) is 5.10. The van der Waals surface area contributed by atoms with Gasteiger partial charge in [0.05, 0.1) is 28.4 Å². The van der Waals surface area contributed by atoms with Gasteiger partial charge in [-0.1, -0.05) is 43.0 Å². The average molecular weight is 735 g/mol. The number of thioether (sulfide) groups is 1. The van der Waals surface area contributed by atoms with E-state index in [1.807, 2.05) is 0 Å². The minimum atomic E-state index is -4.97. The Kier molecular flexibility index (Phi) is 12.2. The molecule has 0 fully saturated rings. The summed E-state index contributed by atoms with van der Waals surface area (Å²) < 4.78 is 80.6. The number of carbonyl (C=O) groups is 1. The summed E-state index contributed by atoms with van der Waals surface area (Å²) in [6.07, 6.45) is -0.377. The van der Waals surface area contributed by atoms with Crippen LogP contribution in [0, 0.1) is 18.3 Å². The number of ether oxygens (including phenoxy) is 2. The van der Waals surface area contributed by atoms with Gasteiger partial charge in [0.15, 0.2) is 5.69 Å². The number of fused-ring (bicyclic) bond motifs is 1. The van der Waals surface area contributed by atoms with Crippen molar-refractivity contribution in [1.82, 2.24) is 19.3 Å². The lowest BCUT2D eigenvalue weighted by Gasteiger charge is -2.22. The second kappa shape index (κ2) is 15.7. The highest BCUT2D eigenvalue weighted by Crippen LogP contribution is 2.40. The number of aliphatic imine (C=N–C) groups is 1. The molecule has 48 heavy (non-hydrogen) atoms. The van der Waals surface area contributed by atoms with E-state index in [1.54, 1.807) is 24.5 Å². The number of aryl methyl sites for hydroxylation is 1. The molecule has 0 amide bonds. The molecule has 4 heterocycles. The van der Waals surface area contributed by atoms with Crippen molar-refractivity contribution in [3.05, 3.63) is 66.6 Å². The van der Waals surface area contributed by atoms with E-state index in [1.165, 1.54) is 10.7 Å². The van der Waals surface area contributed by atoms with E-state index in [2.05, 4.69) is 25.7 Å². The first-order chi connectivity index (χ1) is 22.7. The van der Waals surface area contributed by atoms with Crippen LogP contribution in [0.4, 0.5) is 22.0 Å². The highest BCUT2D eigenvalue weighted by atomic mass is 35.5. The Morgan fingerprint density at radius 1 is 1.19 bits per heavy atom.